The molecule has 31 heavy (non-hydrogen) atoms. The number of carbonyl (C=O) groups is 1. The minimum Gasteiger partial charge on any atom is -0.493 e. The SMILES string of the molecule is CCOc1c(/C(C)=C/C(=O)NCCCOC)cc2c(-c3ccc(C)cc3)coc2c1C. The number of allylic oxidation sites excluding steroid dienone is 1. The third-order valence-electron chi connectivity index (χ3n) is 5.29. The van der Waals surface area contributed by atoms with E-state index in [2.05, 4.69) is 42.6 Å². The topological polar surface area (TPSA) is 60.7 Å². The number of benzene rings is 2. The van der Waals surface area contributed by atoms with Crippen LogP contribution in [0.5, 0.6) is 5.75 Å². The lowest BCUT2D eigenvalue weighted by molar-refractivity contribution is -0.116. The number of ether oxygens (including phenoxy) is 2. The number of aryl methyl sites for hydroxylation is 2. The molecule has 1 N–H and O–H groups in total. The Kier molecular flexibility index (Phi) is 7.53. The Morgan fingerprint density at radius 2 is 1.94 bits per heavy atom. The van der Waals surface area contributed by atoms with Crippen LogP contribution in [0.25, 0.3) is 27.7 Å². The van der Waals surface area contributed by atoms with Gasteiger partial charge in [-0.15, -0.1) is 0 Å². The number of hydrogen-bond donors (Lipinski definition) is 1. The van der Waals surface area contributed by atoms with Crippen molar-refractivity contribution < 1.29 is 18.7 Å². The largest absolute Gasteiger partial charge is 0.493 e. The maximum absolute atomic E-state index is 12.4. The second-order valence-electron chi connectivity index (χ2n) is 7.67. The van der Waals surface area contributed by atoms with Gasteiger partial charge in [0.05, 0.1) is 12.9 Å². The summed E-state index contributed by atoms with van der Waals surface area (Å²) in [5, 5.41) is 3.91. The number of nitrogens with one attached hydrogen (secondary N) is 1. The quantitative estimate of drug-likeness (QED) is 0.357. The summed E-state index contributed by atoms with van der Waals surface area (Å²) in [6.45, 7) is 9.68. The lowest BCUT2D eigenvalue weighted by atomic mass is 9.96. The maximum atomic E-state index is 12.4. The first kappa shape index (κ1) is 22.6. The van der Waals surface area contributed by atoms with Gasteiger partial charge in [-0.05, 0) is 51.3 Å². The second-order valence-corrected chi connectivity index (χ2v) is 7.67. The molecule has 0 fully saturated rings. The minimum atomic E-state index is -0.125. The number of methoxy groups -OCH3 is 1. The molecule has 1 aromatic heterocycles. The maximum Gasteiger partial charge on any atom is 0.244 e. The number of hydrogen-bond acceptors (Lipinski definition) is 4. The van der Waals surface area contributed by atoms with Crippen LogP contribution in [0.3, 0.4) is 0 Å². The molecule has 5 heteroatoms. The fourth-order valence-electron chi connectivity index (χ4n) is 3.65. The van der Waals surface area contributed by atoms with Crippen LogP contribution in [0, 0.1) is 13.8 Å². The summed E-state index contributed by atoms with van der Waals surface area (Å²) in [5.74, 6) is 0.625. The first-order chi connectivity index (χ1) is 15.0. The van der Waals surface area contributed by atoms with Crippen LogP contribution in [0.1, 0.15) is 37.0 Å². The summed E-state index contributed by atoms with van der Waals surface area (Å²) in [6.07, 6.45) is 4.20. The van der Waals surface area contributed by atoms with Gasteiger partial charge in [-0.2, -0.15) is 0 Å². The second kappa shape index (κ2) is 10.3. The van der Waals surface area contributed by atoms with E-state index in [0.717, 1.165) is 51.0 Å². The van der Waals surface area contributed by atoms with Crippen LogP contribution in [0.15, 0.2) is 47.1 Å². The van der Waals surface area contributed by atoms with Gasteiger partial charge < -0.3 is 19.2 Å². The zero-order valence-electron chi connectivity index (χ0n) is 19.0. The Balaban J connectivity index is 2.03. The summed E-state index contributed by atoms with van der Waals surface area (Å²) < 4.78 is 17.0. The van der Waals surface area contributed by atoms with E-state index in [4.69, 9.17) is 13.9 Å². The Morgan fingerprint density at radius 1 is 1.19 bits per heavy atom. The van der Waals surface area contributed by atoms with Gasteiger partial charge in [0.25, 0.3) is 0 Å². The molecule has 0 spiro atoms. The summed E-state index contributed by atoms with van der Waals surface area (Å²) in [4.78, 5) is 12.4. The zero-order valence-corrected chi connectivity index (χ0v) is 19.0. The number of rotatable bonds is 9. The van der Waals surface area contributed by atoms with Crippen LogP contribution in [-0.4, -0.2) is 32.8 Å². The Morgan fingerprint density at radius 3 is 2.61 bits per heavy atom. The van der Waals surface area contributed by atoms with Gasteiger partial charge >= 0.3 is 0 Å². The molecule has 0 atom stereocenters. The lowest BCUT2D eigenvalue weighted by Crippen LogP contribution is -2.23. The molecule has 1 heterocycles. The normalized spacial score (nSPS) is 11.7. The van der Waals surface area contributed by atoms with Crippen molar-refractivity contribution in [2.45, 2.75) is 34.1 Å². The molecule has 0 saturated heterocycles. The van der Waals surface area contributed by atoms with Crippen molar-refractivity contribution in [3.63, 3.8) is 0 Å². The van der Waals surface area contributed by atoms with E-state index in [1.165, 1.54) is 5.56 Å². The molecular weight excluding hydrogens is 390 g/mol. The van der Waals surface area contributed by atoms with Gasteiger partial charge in [-0.3, -0.25) is 4.79 Å². The van der Waals surface area contributed by atoms with Crippen LogP contribution in [0.2, 0.25) is 0 Å². The molecule has 0 aliphatic rings. The molecule has 0 radical (unpaired) electrons. The van der Waals surface area contributed by atoms with Crippen molar-refractivity contribution in [1.82, 2.24) is 5.32 Å². The number of furan rings is 1. The van der Waals surface area contributed by atoms with Crippen molar-refractivity contribution in [3.8, 4) is 16.9 Å². The van der Waals surface area contributed by atoms with Crippen molar-refractivity contribution in [2.24, 2.45) is 0 Å². The zero-order chi connectivity index (χ0) is 22.4. The van der Waals surface area contributed by atoms with E-state index >= 15 is 0 Å². The van der Waals surface area contributed by atoms with Gasteiger partial charge in [-0.25, -0.2) is 0 Å². The Bertz CT molecular complexity index is 1080. The minimum absolute atomic E-state index is 0.125. The number of carbonyl (C=O) groups excluding carboxylic acids is 1. The van der Waals surface area contributed by atoms with E-state index in [1.54, 1.807) is 19.4 Å². The Hall–Kier alpha value is -3.05. The first-order valence-corrected chi connectivity index (χ1v) is 10.7. The van der Waals surface area contributed by atoms with E-state index in [0.29, 0.717) is 19.8 Å². The van der Waals surface area contributed by atoms with Crippen LogP contribution in [0.4, 0.5) is 0 Å². The standard InChI is InChI=1S/C26H31NO4/c1-6-30-25-19(4)26-22(23(16-31-26)20-10-8-17(2)9-11-20)15-21(25)18(3)14-24(28)27-12-7-13-29-5/h8-11,14-16H,6-7,12-13H2,1-5H3,(H,27,28)/b18-14+. The van der Waals surface area contributed by atoms with Gasteiger partial charge in [0.1, 0.15) is 11.3 Å². The van der Waals surface area contributed by atoms with Crippen molar-refractivity contribution in [2.75, 3.05) is 26.9 Å². The molecule has 164 valence electrons. The Labute approximate surface area is 184 Å². The lowest BCUT2D eigenvalue weighted by Gasteiger charge is -2.15. The van der Waals surface area contributed by atoms with Gasteiger partial charge in [0, 0.05) is 48.4 Å². The van der Waals surface area contributed by atoms with E-state index in [-0.39, 0.29) is 5.91 Å². The highest BCUT2D eigenvalue weighted by molar-refractivity contribution is 6.01. The fourth-order valence-corrected chi connectivity index (χ4v) is 3.65. The highest BCUT2D eigenvalue weighted by atomic mass is 16.5. The van der Waals surface area contributed by atoms with Crippen molar-refractivity contribution in [1.29, 1.82) is 0 Å². The molecule has 3 rings (SSSR count). The highest BCUT2D eigenvalue weighted by Gasteiger charge is 2.19. The molecule has 1 amide bonds. The average Bonchev–Trinajstić information content (AvgIpc) is 3.18. The van der Waals surface area contributed by atoms with Crippen LogP contribution in [-0.2, 0) is 9.53 Å². The third kappa shape index (κ3) is 5.17. The molecule has 2 aromatic carbocycles. The van der Waals surface area contributed by atoms with Gasteiger partial charge in [0.15, 0.2) is 0 Å². The molecule has 0 aliphatic carbocycles. The summed E-state index contributed by atoms with van der Waals surface area (Å²) in [7, 11) is 1.65. The van der Waals surface area contributed by atoms with Crippen LogP contribution >= 0.6 is 0 Å². The van der Waals surface area contributed by atoms with E-state index in [1.807, 2.05) is 20.8 Å². The first-order valence-electron chi connectivity index (χ1n) is 10.7. The average molecular weight is 422 g/mol. The molecule has 0 saturated carbocycles. The van der Waals surface area contributed by atoms with Crippen molar-refractivity contribution in [3.05, 3.63) is 59.4 Å². The molecule has 0 bridgehead atoms. The summed E-state index contributed by atoms with van der Waals surface area (Å²) in [5.41, 5.74) is 6.81. The van der Waals surface area contributed by atoms with Crippen LogP contribution < -0.4 is 10.1 Å². The van der Waals surface area contributed by atoms with E-state index in [9.17, 15) is 4.79 Å². The van der Waals surface area contributed by atoms with E-state index < -0.39 is 0 Å². The molecular formula is C26H31NO4. The monoisotopic (exact) mass is 421 g/mol. The molecule has 5 nitrogen and oxygen atoms in total. The van der Waals surface area contributed by atoms with Crippen molar-refractivity contribution >= 4 is 22.4 Å². The van der Waals surface area contributed by atoms with Gasteiger partial charge in [-0.1, -0.05) is 29.8 Å². The highest BCUT2D eigenvalue weighted by Crippen LogP contribution is 2.40. The number of fused-ring (bicyclic) bond motifs is 1. The molecule has 0 aliphatic heterocycles. The third-order valence-corrected chi connectivity index (χ3v) is 5.29. The predicted molar refractivity (Wildman–Crippen MR) is 125 cm³/mol. The summed E-state index contributed by atoms with van der Waals surface area (Å²) in [6, 6.07) is 10.4. The fraction of sp³-hybridized carbons (Fsp3) is 0.346. The molecule has 3 aromatic rings. The van der Waals surface area contributed by atoms with Gasteiger partial charge in [0.2, 0.25) is 5.91 Å². The molecule has 0 unspecified atom stereocenters. The predicted octanol–water partition coefficient (Wildman–Crippen LogP) is 5.67. The summed E-state index contributed by atoms with van der Waals surface area (Å²) >= 11 is 0. The number of amides is 1. The smallest absolute Gasteiger partial charge is 0.244 e.